The van der Waals surface area contributed by atoms with Crippen molar-refractivity contribution < 1.29 is 18.4 Å². The van der Waals surface area contributed by atoms with Crippen molar-refractivity contribution in [3.05, 3.63) is 0 Å². The van der Waals surface area contributed by atoms with Crippen LogP contribution in [0.4, 0.5) is 8.78 Å². The zero-order chi connectivity index (χ0) is 10.0. The number of carbonyl (C=O) groups excluding carboxylic acids is 2. The summed E-state index contributed by atoms with van der Waals surface area (Å²) in [6.45, 7) is 1.27. The molecule has 74 valence electrons. The average Bonchev–Trinajstić information content (AvgIpc) is 1.98. The second-order valence-electron chi connectivity index (χ2n) is 3.45. The zero-order valence-electron chi connectivity index (χ0n) is 7.43. The number of halogens is 2. The topological polar surface area (TPSA) is 34.1 Å². The highest BCUT2D eigenvalue weighted by molar-refractivity contribution is 6.04. The molecular formula is C9H12F2O2. The second kappa shape index (κ2) is 3.94. The Kier molecular flexibility index (Phi) is 3.12. The summed E-state index contributed by atoms with van der Waals surface area (Å²) in [7, 11) is 0. The molecule has 0 bridgehead atoms. The molecule has 1 rings (SSSR count). The fraction of sp³-hybridized carbons (Fsp3) is 0.778. The summed E-state index contributed by atoms with van der Waals surface area (Å²) >= 11 is 0. The van der Waals surface area contributed by atoms with E-state index in [9.17, 15) is 18.4 Å². The van der Waals surface area contributed by atoms with E-state index in [1.54, 1.807) is 0 Å². The van der Waals surface area contributed by atoms with E-state index in [0.717, 1.165) is 19.3 Å². The predicted molar refractivity (Wildman–Crippen MR) is 42.5 cm³/mol. The van der Waals surface area contributed by atoms with Crippen molar-refractivity contribution in [3.8, 4) is 0 Å². The molecule has 0 aliphatic heterocycles. The van der Waals surface area contributed by atoms with Gasteiger partial charge in [0.1, 0.15) is 5.78 Å². The Balaban J connectivity index is 2.50. The van der Waals surface area contributed by atoms with Crippen LogP contribution in [0, 0.1) is 11.8 Å². The molecule has 1 aliphatic rings. The third kappa shape index (κ3) is 2.11. The average molecular weight is 190 g/mol. The molecule has 4 heteroatoms. The molecule has 0 spiro atoms. The lowest BCUT2D eigenvalue weighted by atomic mass is 9.77. The monoisotopic (exact) mass is 190 g/mol. The molecule has 0 aromatic rings. The summed E-state index contributed by atoms with van der Waals surface area (Å²) < 4.78 is 23.8. The Hall–Kier alpha value is -0.800. The fourth-order valence-corrected chi connectivity index (χ4v) is 1.38. The molecule has 0 aromatic heterocycles. The number of carbonyl (C=O) groups is 2. The normalized spacial score (nSPS) is 19.7. The number of Topliss-reactive ketones (excluding diaryl/α,β-unsaturated/α-hetero) is 2. The van der Waals surface area contributed by atoms with Gasteiger partial charge in [-0.25, -0.2) is 8.78 Å². The molecule has 13 heavy (non-hydrogen) atoms. The molecule has 2 nitrogen and oxygen atoms in total. The summed E-state index contributed by atoms with van der Waals surface area (Å²) in [5.74, 6) is -2.81. The van der Waals surface area contributed by atoms with Gasteiger partial charge in [0.05, 0.1) is 5.92 Å². The highest BCUT2D eigenvalue weighted by Crippen LogP contribution is 2.30. The van der Waals surface area contributed by atoms with Gasteiger partial charge in [-0.2, -0.15) is 0 Å². The molecule has 1 fully saturated rings. The minimum absolute atomic E-state index is 0.141. The molecule has 1 aliphatic carbocycles. The van der Waals surface area contributed by atoms with Crippen molar-refractivity contribution in [1.82, 2.24) is 0 Å². The fourth-order valence-electron chi connectivity index (χ4n) is 1.38. The molecule has 0 N–H and O–H groups in total. The van der Waals surface area contributed by atoms with Crippen molar-refractivity contribution in [2.75, 3.05) is 0 Å². The van der Waals surface area contributed by atoms with Crippen LogP contribution >= 0.6 is 0 Å². The summed E-state index contributed by atoms with van der Waals surface area (Å²) in [6, 6.07) is 0. The molecule has 1 unspecified atom stereocenters. The number of alkyl halides is 2. The maximum atomic E-state index is 11.9. The molecule has 0 amide bonds. The first kappa shape index (κ1) is 10.3. The van der Waals surface area contributed by atoms with Gasteiger partial charge in [-0.05, 0) is 19.8 Å². The van der Waals surface area contributed by atoms with Crippen LogP contribution in [-0.2, 0) is 9.59 Å². The predicted octanol–water partition coefficient (Wildman–Crippen LogP) is 1.83. The smallest absolute Gasteiger partial charge is 0.296 e. The lowest BCUT2D eigenvalue weighted by Gasteiger charge is -2.26. The standard InChI is InChI=1S/C9H12F2O2/c1-5(8(13)9(10)11)7(12)6-3-2-4-6/h5-6,9H,2-4H2,1H3. The Labute approximate surface area is 75.3 Å². The van der Waals surface area contributed by atoms with Gasteiger partial charge in [-0.1, -0.05) is 6.42 Å². The molecule has 1 saturated carbocycles. The minimum Gasteiger partial charge on any atom is -0.299 e. The van der Waals surface area contributed by atoms with E-state index in [2.05, 4.69) is 0 Å². The van der Waals surface area contributed by atoms with Gasteiger partial charge in [0.25, 0.3) is 6.43 Å². The van der Waals surface area contributed by atoms with Gasteiger partial charge in [-0.15, -0.1) is 0 Å². The SMILES string of the molecule is CC(C(=O)C(F)F)C(=O)C1CCC1. The Morgan fingerprint density at radius 3 is 2.15 bits per heavy atom. The summed E-state index contributed by atoms with van der Waals surface area (Å²) in [5, 5.41) is 0. The van der Waals surface area contributed by atoms with Crippen LogP contribution in [0.15, 0.2) is 0 Å². The van der Waals surface area contributed by atoms with E-state index in [0.29, 0.717) is 0 Å². The highest BCUT2D eigenvalue weighted by atomic mass is 19.3. The lowest BCUT2D eigenvalue weighted by Crippen LogP contribution is -2.34. The number of hydrogen-bond acceptors (Lipinski definition) is 2. The van der Waals surface area contributed by atoms with Gasteiger partial charge in [0.2, 0.25) is 5.78 Å². The van der Waals surface area contributed by atoms with Crippen LogP contribution in [-0.4, -0.2) is 18.0 Å². The first-order chi connectivity index (χ1) is 6.04. The molecular weight excluding hydrogens is 178 g/mol. The Morgan fingerprint density at radius 2 is 1.85 bits per heavy atom. The number of rotatable bonds is 4. The van der Waals surface area contributed by atoms with Gasteiger partial charge in [0, 0.05) is 5.92 Å². The van der Waals surface area contributed by atoms with Crippen molar-refractivity contribution in [1.29, 1.82) is 0 Å². The Bertz CT molecular complexity index is 222. The maximum Gasteiger partial charge on any atom is 0.296 e. The maximum absolute atomic E-state index is 11.9. The summed E-state index contributed by atoms with van der Waals surface area (Å²) in [4.78, 5) is 22.1. The van der Waals surface area contributed by atoms with Crippen LogP contribution in [0.1, 0.15) is 26.2 Å². The van der Waals surface area contributed by atoms with Crippen molar-refractivity contribution in [3.63, 3.8) is 0 Å². The van der Waals surface area contributed by atoms with E-state index in [1.807, 2.05) is 0 Å². The van der Waals surface area contributed by atoms with Crippen molar-refractivity contribution >= 4 is 11.6 Å². The van der Waals surface area contributed by atoms with E-state index >= 15 is 0 Å². The largest absolute Gasteiger partial charge is 0.299 e. The zero-order valence-corrected chi connectivity index (χ0v) is 7.43. The molecule has 0 heterocycles. The van der Waals surface area contributed by atoms with E-state index in [1.165, 1.54) is 6.92 Å². The summed E-state index contributed by atoms with van der Waals surface area (Å²) in [5.41, 5.74) is 0. The highest BCUT2D eigenvalue weighted by Gasteiger charge is 2.35. The number of hydrogen-bond donors (Lipinski definition) is 0. The van der Waals surface area contributed by atoms with Crippen molar-refractivity contribution in [2.45, 2.75) is 32.6 Å². The van der Waals surface area contributed by atoms with E-state index < -0.39 is 18.1 Å². The second-order valence-corrected chi connectivity index (χ2v) is 3.45. The van der Waals surface area contributed by atoms with Crippen LogP contribution < -0.4 is 0 Å². The number of ketones is 2. The third-order valence-electron chi connectivity index (χ3n) is 2.58. The van der Waals surface area contributed by atoms with E-state index in [4.69, 9.17) is 0 Å². The van der Waals surface area contributed by atoms with Crippen LogP contribution in [0.3, 0.4) is 0 Å². The van der Waals surface area contributed by atoms with Crippen LogP contribution in [0.5, 0.6) is 0 Å². The Morgan fingerprint density at radius 1 is 1.31 bits per heavy atom. The third-order valence-corrected chi connectivity index (χ3v) is 2.58. The van der Waals surface area contributed by atoms with Crippen LogP contribution in [0.2, 0.25) is 0 Å². The molecule has 0 radical (unpaired) electrons. The summed E-state index contributed by atoms with van der Waals surface area (Å²) in [6.07, 6.45) is -0.551. The molecule has 0 saturated heterocycles. The van der Waals surface area contributed by atoms with Gasteiger partial charge in [-0.3, -0.25) is 9.59 Å². The lowest BCUT2D eigenvalue weighted by molar-refractivity contribution is -0.142. The first-order valence-corrected chi connectivity index (χ1v) is 4.39. The van der Waals surface area contributed by atoms with Crippen molar-refractivity contribution in [2.24, 2.45) is 11.8 Å². The van der Waals surface area contributed by atoms with Gasteiger partial charge in [0.15, 0.2) is 0 Å². The molecule has 1 atom stereocenters. The van der Waals surface area contributed by atoms with Gasteiger partial charge >= 0.3 is 0 Å². The minimum atomic E-state index is -3.01. The quantitative estimate of drug-likeness (QED) is 0.634. The molecule has 0 aromatic carbocycles. The van der Waals surface area contributed by atoms with Crippen LogP contribution in [0.25, 0.3) is 0 Å². The van der Waals surface area contributed by atoms with Gasteiger partial charge < -0.3 is 0 Å². The van der Waals surface area contributed by atoms with E-state index in [-0.39, 0.29) is 11.7 Å². The first-order valence-electron chi connectivity index (χ1n) is 4.39.